The van der Waals surface area contributed by atoms with Gasteiger partial charge in [0.2, 0.25) is 5.91 Å². The zero-order valence-electron chi connectivity index (χ0n) is 23.4. The maximum Gasteiger partial charge on any atom is 0.330 e. The van der Waals surface area contributed by atoms with Gasteiger partial charge in [-0.15, -0.1) is 11.3 Å². The second kappa shape index (κ2) is 12.0. The molecule has 1 saturated heterocycles. The topological polar surface area (TPSA) is 101 Å². The summed E-state index contributed by atoms with van der Waals surface area (Å²) >= 11 is 7.58. The van der Waals surface area contributed by atoms with E-state index in [9.17, 15) is 18.0 Å². The fourth-order valence-corrected chi connectivity index (χ4v) is 7.00. The summed E-state index contributed by atoms with van der Waals surface area (Å²) in [4.78, 5) is 35.5. The highest BCUT2D eigenvalue weighted by atomic mass is 35.5. The summed E-state index contributed by atoms with van der Waals surface area (Å²) in [5.74, 6) is -1.25. The fraction of sp³-hybridized carbons (Fsp3) is 0.464. The molecule has 1 aliphatic heterocycles. The van der Waals surface area contributed by atoms with Gasteiger partial charge in [0.1, 0.15) is 11.6 Å². The van der Waals surface area contributed by atoms with Crippen molar-refractivity contribution < 1.29 is 22.7 Å². The molecule has 4 rings (SSSR count). The highest BCUT2D eigenvalue weighted by Crippen LogP contribution is 2.24. The molecule has 1 aromatic heterocycles. The molecule has 1 fully saturated rings. The van der Waals surface area contributed by atoms with Gasteiger partial charge in [0.25, 0.3) is 0 Å². The standard InChI is InChI=1S/C28H35ClN4O5S2/c1-28(2,3)38-26(35)24-17-32(16-22-18-39-27(30-4)31(22)5)11-12-33(24)25(34)10-13-40(36,37)23-9-7-19-14-21(29)8-6-20(19)15-23/h6-9,14-15,18,24H,10-13,16-17H2,1-5H3/b30-27-. The van der Waals surface area contributed by atoms with Crippen molar-refractivity contribution in [1.29, 1.82) is 0 Å². The number of benzene rings is 2. The van der Waals surface area contributed by atoms with Crippen LogP contribution < -0.4 is 4.80 Å². The molecule has 0 spiro atoms. The van der Waals surface area contributed by atoms with Gasteiger partial charge >= 0.3 is 5.97 Å². The smallest absolute Gasteiger partial charge is 0.330 e. The van der Waals surface area contributed by atoms with Crippen LogP contribution in [0, 0.1) is 0 Å². The van der Waals surface area contributed by atoms with Gasteiger partial charge in [-0.1, -0.05) is 23.7 Å². The van der Waals surface area contributed by atoms with Crippen LogP contribution >= 0.6 is 22.9 Å². The number of fused-ring (bicyclic) bond motifs is 1. The molecule has 1 aliphatic rings. The lowest BCUT2D eigenvalue weighted by Gasteiger charge is -2.41. The number of ether oxygens (including phenoxy) is 1. The van der Waals surface area contributed by atoms with E-state index in [2.05, 4.69) is 9.89 Å². The third-order valence-corrected chi connectivity index (χ3v) is 9.78. The minimum atomic E-state index is -3.74. The second-order valence-corrected chi connectivity index (χ2v) is 14.3. The summed E-state index contributed by atoms with van der Waals surface area (Å²) in [6.07, 6.45) is -0.235. The Morgan fingerprint density at radius 3 is 2.50 bits per heavy atom. The molecule has 0 aliphatic carbocycles. The predicted octanol–water partition coefficient (Wildman–Crippen LogP) is 3.64. The SMILES string of the molecule is C/N=c1\scc(CN2CCN(C(=O)CCS(=O)(=O)c3ccc4cc(Cl)ccc4c3)C(C(=O)OC(C)(C)C)C2)n1C. The normalized spacial score (nSPS) is 17.4. The zero-order valence-corrected chi connectivity index (χ0v) is 25.8. The largest absolute Gasteiger partial charge is 0.458 e. The molecule has 3 aromatic rings. The molecule has 0 radical (unpaired) electrons. The van der Waals surface area contributed by atoms with Crippen molar-refractivity contribution >= 4 is 55.4 Å². The van der Waals surface area contributed by atoms with Crippen LogP contribution in [0.3, 0.4) is 0 Å². The molecule has 216 valence electrons. The number of carbonyl (C=O) groups is 2. The van der Waals surface area contributed by atoms with E-state index < -0.39 is 27.4 Å². The maximum atomic E-state index is 13.4. The fourth-order valence-electron chi connectivity index (χ4n) is 4.70. The van der Waals surface area contributed by atoms with Crippen LogP contribution in [0.25, 0.3) is 10.8 Å². The molecule has 0 bridgehead atoms. The van der Waals surface area contributed by atoms with Crippen LogP contribution in [0.2, 0.25) is 5.02 Å². The first-order chi connectivity index (χ1) is 18.8. The molecule has 1 unspecified atom stereocenters. The number of carbonyl (C=O) groups excluding carboxylic acids is 2. The van der Waals surface area contributed by atoms with Crippen LogP contribution in [0.15, 0.2) is 51.7 Å². The molecule has 2 heterocycles. The van der Waals surface area contributed by atoms with E-state index in [1.807, 2.05) is 17.0 Å². The summed E-state index contributed by atoms with van der Waals surface area (Å²) in [7, 11) is -0.0426. The summed E-state index contributed by atoms with van der Waals surface area (Å²) < 4.78 is 34.0. The lowest BCUT2D eigenvalue weighted by atomic mass is 10.1. The van der Waals surface area contributed by atoms with Crippen LogP contribution in [-0.2, 0) is 37.8 Å². The number of thiazole rings is 1. The zero-order chi connectivity index (χ0) is 29.2. The minimum absolute atomic E-state index is 0.144. The molecule has 0 N–H and O–H groups in total. The highest BCUT2D eigenvalue weighted by Gasteiger charge is 2.38. The van der Waals surface area contributed by atoms with Crippen molar-refractivity contribution in [2.24, 2.45) is 12.0 Å². The molecule has 12 heteroatoms. The van der Waals surface area contributed by atoms with E-state index >= 15 is 0 Å². The Hall–Kier alpha value is -2.73. The Morgan fingerprint density at radius 2 is 1.82 bits per heavy atom. The van der Waals surface area contributed by atoms with Crippen LogP contribution in [0.1, 0.15) is 32.9 Å². The summed E-state index contributed by atoms with van der Waals surface area (Å²) in [6.45, 7) is 7.05. The van der Waals surface area contributed by atoms with Gasteiger partial charge in [0.05, 0.1) is 10.6 Å². The van der Waals surface area contributed by atoms with Crippen molar-refractivity contribution in [2.75, 3.05) is 32.4 Å². The van der Waals surface area contributed by atoms with Gasteiger partial charge in [-0.25, -0.2) is 13.2 Å². The molecule has 2 aromatic carbocycles. The minimum Gasteiger partial charge on any atom is -0.458 e. The van der Waals surface area contributed by atoms with E-state index in [1.165, 1.54) is 11.0 Å². The first-order valence-electron chi connectivity index (χ1n) is 13.0. The number of amides is 1. The average Bonchev–Trinajstić information content (AvgIpc) is 3.24. The number of hydrogen-bond acceptors (Lipinski definition) is 8. The molecule has 1 atom stereocenters. The summed E-state index contributed by atoms with van der Waals surface area (Å²) in [6, 6.07) is 9.23. The van der Waals surface area contributed by atoms with Crippen LogP contribution in [0.4, 0.5) is 0 Å². The van der Waals surface area contributed by atoms with Gasteiger partial charge in [-0.05, 0) is 55.8 Å². The third kappa shape index (κ3) is 7.12. The molecular formula is C28H35ClN4O5S2. The average molecular weight is 607 g/mol. The molecule has 1 amide bonds. The van der Waals surface area contributed by atoms with E-state index in [0.29, 0.717) is 24.7 Å². The van der Waals surface area contributed by atoms with Gasteiger partial charge in [-0.2, -0.15) is 0 Å². The number of piperazine rings is 1. The lowest BCUT2D eigenvalue weighted by Crippen LogP contribution is -2.59. The van der Waals surface area contributed by atoms with Gasteiger partial charge in [0, 0.05) is 62.8 Å². The Labute approximate surface area is 243 Å². The van der Waals surface area contributed by atoms with Gasteiger partial charge < -0.3 is 14.2 Å². The number of halogens is 1. The summed E-state index contributed by atoms with van der Waals surface area (Å²) in [5, 5.41) is 4.18. The number of nitrogens with zero attached hydrogens (tertiary/aromatic N) is 4. The van der Waals surface area contributed by atoms with Crippen molar-refractivity contribution in [3.05, 3.63) is 57.3 Å². The monoisotopic (exact) mass is 606 g/mol. The number of aromatic nitrogens is 1. The summed E-state index contributed by atoms with van der Waals surface area (Å²) in [5.41, 5.74) is 0.326. The molecular weight excluding hydrogens is 572 g/mol. The van der Waals surface area contributed by atoms with Crippen LogP contribution in [-0.4, -0.2) is 78.7 Å². The van der Waals surface area contributed by atoms with Crippen molar-refractivity contribution in [2.45, 2.75) is 50.3 Å². The van der Waals surface area contributed by atoms with Crippen molar-refractivity contribution in [1.82, 2.24) is 14.4 Å². The number of sulfone groups is 1. The van der Waals surface area contributed by atoms with E-state index in [4.69, 9.17) is 16.3 Å². The number of rotatable bonds is 7. The van der Waals surface area contributed by atoms with Crippen molar-refractivity contribution in [3.63, 3.8) is 0 Å². The number of esters is 1. The maximum absolute atomic E-state index is 13.4. The Bertz CT molecular complexity index is 1590. The molecule has 9 nitrogen and oxygen atoms in total. The van der Waals surface area contributed by atoms with Gasteiger partial charge in [-0.3, -0.25) is 14.7 Å². The molecule has 40 heavy (non-hydrogen) atoms. The Balaban J connectivity index is 1.48. The first kappa shape index (κ1) is 30.2. The van der Waals surface area contributed by atoms with E-state index in [1.54, 1.807) is 69.5 Å². The van der Waals surface area contributed by atoms with Crippen molar-refractivity contribution in [3.8, 4) is 0 Å². The number of hydrogen-bond donors (Lipinski definition) is 0. The predicted molar refractivity (Wildman–Crippen MR) is 157 cm³/mol. The third-order valence-electron chi connectivity index (χ3n) is 6.78. The Kier molecular flexibility index (Phi) is 9.08. The first-order valence-corrected chi connectivity index (χ1v) is 15.9. The van der Waals surface area contributed by atoms with Crippen LogP contribution in [0.5, 0.6) is 0 Å². The second-order valence-electron chi connectivity index (χ2n) is 10.9. The quantitative estimate of drug-likeness (QED) is 0.381. The Morgan fingerprint density at radius 1 is 1.12 bits per heavy atom. The lowest BCUT2D eigenvalue weighted by molar-refractivity contribution is -0.168. The van der Waals surface area contributed by atoms with E-state index in [-0.39, 0.29) is 29.5 Å². The van der Waals surface area contributed by atoms with Gasteiger partial charge in [0.15, 0.2) is 14.6 Å². The highest BCUT2D eigenvalue weighted by molar-refractivity contribution is 7.91. The van der Waals surface area contributed by atoms with E-state index in [0.717, 1.165) is 21.3 Å². The molecule has 0 saturated carbocycles.